The number of methoxy groups -OCH3 is 2. The molecular weight excluding hydrogens is 336 g/mol. The van der Waals surface area contributed by atoms with Gasteiger partial charge in [0.1, 0.15) is 24.7 Å². The summed E-state index contributed by atoms with van der Waals surface area (Å²) in [5.74, 6) is 0.228. The van der Waals surface area contributed by atoms with Crippen molar-refractivity contribution >= 4 is 18.0 Å². The fourth-order valence-corrected chi connectivity index (χ4v) is 2.10. The number of carbonyl (C=O) groups is 2. The molecular formula is C20H20O6. The SMILES string of the molecule is COc1ccc(/C=C/C(=O)OCCOC(=O)c2ccccc2)c(OC)c1. The number of rotatable bonds is 8. The molecule has 0 saturated heterocycles. The topological polar surface area (TPSA) is 71.1 Å². The Balaban J connectivity index is 1.78. The Bertz CT molecular complexity index is 767. The minimum atomic E-state index is -0.543. The zero-order chi connectivity index (χ0) is 18.8. The van der Waals surface area contributed by atoms with Gasteiger partial charge in [-0.3, -0.25) is 0 Å². The summed E-state index contributed by atoms with van der Waals surface area (Å²) >= 11 is 0. The van der Waals surface area contributed by atoms with Crippen LogP contribution < -0.4 is 9.47 Å². The molecule has 6 heteroatoms. The molecule has 0 fully saturated rings. The smallest absolute Gasteiger partial charge is 0.338 e. The fraction of sp³-hybridized carbons (Fsp3) is 0.200. The van der Waals surface area contributed by atoms with Gasteiger partial charge in [0, 0.05) is 17.7 Å². The van der Waals surface area contributed by atoms with E-state index in [1.54, 1.807) is 55.7 Å². The summed E-state index contributed by atoms with van der Waals surface area (Å²) in [4.78, 5) is 23.5. The average molecular weight is 356 g/mol. The molecule has 0 spiro atoms. The van der Waals surface area contributed by atoms with E-state index in [1.807, 2.05) is 6.07 Å². The third kappa shape index (κ3) is 5.66. The van der Waals surface area contributed by atoms with E-state index >= 15 is 0 Å². The van der Waals surface area contributed by atoms with Gasteiger partial charge in [-0.25, -0.2) is 9.59 Å². The third-order valence-electron chi connectivity index (χ3n) is 3.41. The third-order valence-corrected chi connectivity index (χ3v) is 3.41. The molecule has 0 saturated carbocycles. The van der Waals surface area contributed by atoms with Gasteiger partial charge in [0.15, 0.2) is 0 Å². The first-order valence-electron chi connectivity index (χ1n) is 7.93. The van der Waals surface area contributed by atoms with Crippen molar-refractivity contribution in [3.63, 3.8) is 0 Å². The Morgan fingerprint density at radius 3 is 2.35 bits per heavy atom. The second-order valence-electron chi connectivity index (χ2n) is 5.11. The lowest BCUT2D eigenvalue weighted by Gasteiger charge is -2.07. The first-order valence-corrected chi connectivity index (χ1v) is 7.93. The maximum Gasteiger partial charge on any atom is 0.338 e. The highest BCUT2D eigenvalue weighted by Gasteiger charge is 2.07. The minimum absolute atomic E-state index is 0.0147. The van der Waals surface area contributed by atoms with Crippen molar-refractivity contribution in [2.45, 2.75) is 0 Å². The molecule has 0 radical (unpaired) electrons. The number of benzene rings is 2. The van der Waals surface area contributed by atoms with Crippen molar-refractivity contribution in [2.24, 2.45) is 0 Å². The van der Waals surface area contributed by atoms with Gasteiger partial charge in [-0.15, -0.1) is 0 Å². The zero-order valence-electron chi connectivity index (χ0n) is 14.6. The minimum Gasteiger partial charge on any atom is -0.497 e. The average Bonchev–Trinajstić information content (AvgIpc) is 2.69. The summed E-state index contributed by atoms with van der Waals surface area (Å²) in [7, 11) is 3.10. The lowest BCUT2D eigenvalue weighted by molar-refractivity contribution is -0.138. The van der Waals surface area contributed by atoms with Crippen LogP contribution in [0.25, 0.3) is 6.08 Å². The van der Waals surface area contributed by atoms with Gasteiger partial charge in [-0.05, 0) is 30.3 Å². The van der Waals surface area contributed by atoms with Gasteiger partial charge in [0.05, 0.1) is 19.8 Å². The Labute approximate surface area is 151 Å². The van der Waals surface area contributed by atoms with Crippen molar-refractivity contribution in [1.82, 2.24) is 0 Å². The molecule has 2 rings (SSSR count). The molecule has 0 heterocycles. The second kappa shape index (κ2) is 9.88. The lowest BCUT2D eigenvalue weighted by Crippen LogP contribution is -2.12. The molecule has 0 unspecified atom stereocenters. The molecule has 0 aliphatic heterocycles. The number of carbonyl (C=O) groups excluding carboxylic acids is 2. The van der Waals surface area contributed by atoms with Gasteiger partial charge in [0.2, 0.25) is 0 Å². The van der Waals surface area contributed by atoms with Gasteiger partial charge in [0.25, 0.3) is 0 Å². The van der Waals surface area contributed by atoms with Crippen LogP contribution in [-0.4, -0.2) is 39.4 Å². The fourth-order valence-electron chi connectivity index (χ4n) is 2.10. The molecule has 26 heavy (non-hydrogen) atoms. The van der Waals surface area contributed by atoms with Crippen molar-refractivity contribution in [1.29, 1.82) is 0 Å². The predicted molar refractivity (Wildman–Crippen MR) is 96.3 cm³/mol. The molecule has 0 bridgehead atoms. The van der Waals surface area contributed by atoms with E-state index in [2.05, 4.69) is 0 Å². The molecule has 136 valence electrons. The van der Waals surface area contributed by atoms with E-state index in [0.29, 0.717) is 22.6 Å². The normalized spacial score (nSPS) is 10.4. The van der Waals surface area contributed by atoms with Crippen LogP contribution in [0.15, 0.2) is 54.6 Å². The van der Waals surface area contributed by atoms with E-state index in [4.69, 9.17) is 18.9 Å². The number of ether oxygens (including phenoxy) is 4. The summed E-state index contributed by atoms with van der Waals surface area (Å²) in [5.41, 5.74) is 1.16. The highest BCUT2D eigenvalue weighted by molar-refractivity contribution is 5.89. The van der Waals surface area contributed by atoms with Crippen molar-refractivity contribution in [3.8, 4) is 11.5 Å². The molecule has 0 N–H and O–H groups in total. The van der Waals surface area contributed by atoms with E-state index in [1.165, 1.54) is 13.2 Å². The molecule has 2 aromatic carbocycles. The van der Waals surface area contributed by atoms with Gasteiger partial charge >= 0.3 is 11.9 Å². The van der Waals surface area contributed by atoms with Crippen molar-refractivity contribution in [3.05, 3.63) is 65.7 Å². The molecule has 6 nitrogen and oxygen atoms in total. The summed E-state index contributed by atoms with van der Waals surface area (Å²) in [5, 5.41) is 0. The van der Waals surface area contributed by atoms with Crippen LogP contribution in [0.4, 0.5) is 0 Å². The summed E-state index contributed by atoms with van der Waals surface area (Å²) in [6.07, 6.45) is 2.86. The standard InChI is InChI=1S/C20H20O6/c1-23-17-10-8-15(18(14-17)24-2)9-11-19(21)25-12-13-26-20(22)16-6-4-3-5-7-16/h3-11,14H,12-13H2,1-2H3/b11-9+. The second-order valence-corrected chi connectivity index (χ2v) is 5.11. The van der Waals surface area contributed by atoms with Crippen LogP contribution in [0, 0.1) is 0 Å². The van der Waals surface area contributed by atoms with Crippen LogP contribution >= 0.6 is 0 Å². The Morgan fingerprint density at radius 1 is 0.923 bits per heavy atom. The monoisotopic (exact) mass is 356 g/mol. The quantitative estimate of drug-likeness (QED) is 0.411. The van der Waals surface area contributed by atoms with Gasteiger partial charge in [-0.2, -0.15) is 0 Å². The molecule has 0 amide bonds. The maximum absolute atomic E-state index is 11.7. The molecule has 0 aliphatic carbocycles. The number of esters is 2. The maximum atomic E-state index is 11.7. The van der Waals surface area contributed by atoms with Crippen LogP contribution in [0.2, 0.25) is 0 Å². The molecule has 2 aromatic rings. The molecule has 0 aromatic heterocycles. The summed E-state index contributed by atoms with van der Waals surface area (Å²) in [6, 6.07) is 13.8. The highest BCUT2D eigenvalue weighted by atomic mass is 16.6. The van der Waals surface area contributed by atoms with Crippen LogP contribution in [0.1, 0.15) is 15.9 Å². The van der Waals surface area contributed by atoms with Gasteiger partial charge < -0.3 is 18.9 Å². The van der Waals surface area contributed by atoms with Crippen LogP contribution in [0.5, 0.6) is 11.5 Å². The highest BCUT2D eigenvalue weighted by Crippen LogP contribution is 2.25. The van der Waals surface area contributed by atoms with E-state index < -0.39 is 11.9 Å². The Morgan fingerprint density at radius 2 is 1.65 bits per heavy atom. The molecule has 0 atom stereocenters. The largest absolute Gasteiger partial charge is 0.497 e. The molecule has 0 aliphatic rings. The first-order chi connectivity index (χ1) is 12.6. The zero-order valence-corrected chi connectivity index (χ0v) is 14.6. The Kier molecular flexibility index (Phi) is 7.24. The van der Waals surface area contributed by atoms with Crippen LogP contribution in [-0.2, 0) is 14.3 Å². The van der Waals surface area contributed by atoms with Crippen LogP contribution in [0.3, 0.4) is 0 Å². The Hall–Kier alpha value is -3.28. The summed E-state index contributed by atoms with van der Waals surface area (Å²) in [6.45, 7) is -0.0410. The number of hydrogen-bond acceptors (Lipinski definition) is 6. The predicted octanol–water partition coefficient (Wildman–Crippen LogP) is 3.12. The van der Waals surface area contributed by atoms with Gasteiger partial charge in [-0.1, -0.05) is 18.2 Å². The number of hydrogen-bond donors (Lipinski definition) is 0. The lowest BCUT2D eigenvalue weighted by atomic mass is 10.2. The van der Waals surface area contributed by atoms with E-state index in [0.717, 1.165) is 0 Å². The summed E-state index contributed by atoms with van der Waals surface area (Å²) < 4.78 is 20.4. The van der Waals surface area contributed by atoms with E-state index in [-0.39, 0.29) is 13.2 Å². The first kappa shape index (κ1) is 19.1. The van der Waals surface area contributed by atoms with Crippen molar-refractivity contribution in [2.75, 3.05) is 27.4 Å². The van der Waals surface area contributed by atoms with E-state index in [9.17, 15) is 9.59 Å². The van der Waals surface area contributed by atoms with Crippen molar-refractivity contribution < 1.29 is 28.5 Å².